The van der Waals surface area contributed by atoms with Crippen LogP contribution in [0.15, 0.2) is 48.5 Å². The topological polar surface area (TPSA) is 85.9 Å². The van der Waals surface area contributed by atoms with Crippen molar-refractivity contribution in [1.82, 2.24) is 10.6 Å². The van der Waals surface area contributed by atoms with Crippen molar-refractivity contribution in [3.63, 3.8) is 0 Å². The second kappa shape index (κ2) is 10.7. The molecule has 0 fully saturated rings. The number of carbonyl (C=O) groups is 2. The van der Waals surface area contributed by atoms with Crippen molar-refractivity contribution in [2.45, 2.75) is 6.92 Å². The number of methoxy groups -OCH3 is 1. The van der Waals surface area contributed by atoms with Crippen LogP contribution >= 0.6 is 0 Å². The maximum atomic E-state index is 12.0. The van der Waals surface area contributed by atoms with Crippen LogP contribution in [0, 0.1) is 0 Å². The van der Waals surface area contributed by atoms with Crippen molar-refractivity contribution >= 4 is 11.8 Å². The summed E-state index contributed by atoms with van der Waals surface area (Å²) in [6.45, 7) is 2.88. The van der Waals surface area contributed by atoms with Crippen LogP contribution in [0.25, 0.3) is 0 Å². The van der Waals surface area contributed by atoms with Gasteiger partial charge in [0.1, 0.15) is 5.75 Å². The first-order valence-electron chi connectivity index (χ1n) is 8.67. The van der Waals surface area contributed by atoms with Crippen molar-refractivity contribution < 1.29 is 23.8 Å². The number of rotatable bonds is 10. The normalized spacial score (nSPS) is 10.0. The van der Waals surface area contributed by atoms with Gasteiger partial charge in [0.05, 0.1) is 13.7 Å². The van der Waals surface area contributed by atoms with Gasteiger partial charge in [-0.05, 0) is 43.3 Å². The van der Waals surface area contributed by atoms with Crippen LogP contribution in [0.1, 0.15) is 17.3 Å². The molecule has 144 valence electrons. The van der Waals surface area contributed by atoms with E-state index in [1.54, 1.807) is 43.5 Å². The van der Waals surface area contributed by atoms with Gasteiger partial charge < -0.3 is 24.8 Å². The van der Waals surface area contributed by atoms with Crippen molar-refractivity contribution in [3.05, 3.63) is 54.1 Å². The molecule has 2 amide bonds. The highest BCUT2D eigenvalue weighted by Gasteiger charge is 2.08. The maximum Gasteiger partial charge on any atom is 0.258 e. The number of para-hydroxylation sites is 2. The lowest BCUT2D eigenvalue weighted by molar-refractivity contribution is -0.123. The molecule has 0 aliphatic carbocycles. The number of benzene rings is 2. The monoisotopic (exact) mass is 372 g/mol. The summed E-state index contributed by atoms with van der Waals surface area (Å²) in [5.74, 6) is 1.31. The quantitative estimate of drug-likeness (QED) is 0.623. The Bertz CT molecular complexity index is 746. The summed E-state index contributed by atoms with van der Waals surface area (Å²) in [4.78, 5) is 23.9. The number of ether oxygens (including phenoxy) is 3. The number of hydrogen-bond donors (Lipinski definition) is 2. The van der Waals surface area contributed by atoms with Crippen LogP contribution in [-0.2, 0) is 4.79 Å². The van der Waals surface area contributed by atoms with E-state index in [9.17, 15) is 9.59 Å². The average Bonchev–Trinajstić information content (AvgIpc) is 2.70. The van der Waals surface area contributed by atoms with E-state index < -0.39 is 0 Å². The molecule has 0 heterocycles. The van der Waals surface area contributed by atoms with Crippen LogP contribution in [-0.4, -0.2) is 45.2 Å². The average molecular weight is 372 g/mol. The third-order valence-electron chi connectivity index (χ3n) is 3.59. The Morgan fingerprint density at radius 1 is 0.889 bits per heavy atom. The molecule has 2 aromatic rings. The fourth-order valence-corrected chi connectivity index (χ4v) is 2.26. The molecule has 7 heteroatoms. The maximum absolute atomic E-state index is 12.0. The lowest BCUT2D eigenvalue weighted by Gasteiger charge is -2.12. The first-order chi connectivity index (χ1) is 13.1. The minimum absolute atomic E-state index is 0.128. The van der Waals surface area contributed by atoms with Crippen LogP contribution < -0.4 is 24.8 Å². The minimum Gasteiger partial charge on any atom is -0.497 e. The van der Waals surface area contributed by atoms with E-state index in [4.69, 9.17) is 14.2 Å². The van der Waals surface area contributed by atoms with Gasteiger partial charge in [-0.2, -0.15) is 0 Å². The molecule has 2 rings (SSSR count). The Kier molecular flexibility index (Phi) is 7.96. The Balaban J connectivity index is 1.68. The number of carbonyl (C=O) groups excluding carboxylic acids is 2. The summed E-state index contributed by atoms with van der Waals surface area (Å²) in [5.41, 5.74) is 0.526. The Morgan fingerprint density at radius 3 is 2.15 bits per heavy atom. The molecule has 0 aliphatic rings. The van der Waals surface area contributed by atoms with E-state index in [0.717, 1.165) is 0 Å². The fourth-order valence-electron chi connectivity index (χ4n) is 2.26. The van der Waals surface area contributed by atoms with Gasteiger partial charge in [0.25, 0.3) is 11.8 Å². The smallest absolute Gasteiger partial charge is 0.258 e. The molecule has 0 atom stereocenters. The van der Waals surface area contributed by atoms with Crippen LogP contribution in [0.5, 0.6) is 17.2 Å². The molecular formula is C20H24N2O5. The lowest BCUT2D eigenvalue weighted by atomic mass is 10.2. The van der Waals surface area contributed by atoms with Gasteiger partial charge in [-0.3, -0.25) is 9.59 Å². The minimum atomic E-state index is -0.278. The second-order valence-corrected chi connectivity index (χ2v) is 5.50. The summed E-state index contributed by atoms with van der Waals surface area (Å²) in [5, 5.41) is 5.43. The standard InChI is InChI=1S/C20H24N2O5/c1-3-26-17-6-4-5-7-18(17)27-14-19(23)21-12-13-22-20(24)15-8-10-16(25-2)11-9-15/h4-11H,3,12-14H2,1-2H3,(H,21,23)(H,22,24). The highest BCUT2D eigenvalue weighted by molar-refractivity contribution is 5.94. The van der Waals surface area contributed by atoms with E-state index in [-0.39, 0.29) is 18.4 Å². The first kappa shape index (κ1) is 20.1. The second-order valence-electron chi connectivity index (χ2n) is 5.50. The summed E-state index contributed by atoms with van der Waals surface area (Å²) < 4.78 is 16.0. The lowest BCUT2D eigenvalue weighted by Crippen LogP contribution is -2.36. The Labute approximate surface area is 158 Å². The van der Waals surface area contributed by atoms with Gasteiger partial charge in [0.15, 0.2) is 18.1 Å². The molecule has 0 aliphatic heterocycles. The van der Waals surface area contributed by atoms with Gasteiger partial charge in [0, 0.05) is 18.7 Å². The van der Waals surface area contributed by atoms with E-state index in [2.05, 4.69) is 10.6 Å². The van der Waals surface area contributed by atoms with E-state index in [1.807, 2.05) is 19.1 Å². The van der Waals surface area contributed by atoms with E-state index in [1.165, 1.54) is 0 Å². The fraction of sp³-hybridized carbons (Fsp3) is 0.300. The van der Waals surface area contributed by atoms with E-state index >= 15 is 0 Å². The van der Waals surface area contributed by atoms with Gasteiger partial charge in [-0.15, -0.1) is 0 Å². The van der Waals surface area contributed by atoms with Crippen molar-refractivity contribution in [2.75, 3.05) is 33.4 Å². The van der Waals surface area contributed by atoms with Gasteiger partial charge in [0.2, 0.25) is 0 Å². The molecule has 7 nitrogen and oxygen atoms in total. The largest absolute Gasteiger partial charge is 0.497 e. The van der Waals surface area contributed by atoms with Crippen molar-refractivity contribution in [3.8, 4) is 17.2 Å². The highest BCUT2D eigenvalue weighted by atomic mass is 16.5. The van der Waals surface area contributed by atoms with Crippen molar-refractivity contribution in [2.24, 2.45) is 0 Å². The van der Waals surface area contributed by atoms with Gasteiger partial charge in [-0.1, -0.05) is 12.1 Å². The zero-order valence-corrected chi connectivity index (χ0v) is 15.5. The molecule has 0 spiro atoms. The number of amides is 2. The molecular weight excluding hydrogens is 348 g/mol. The van der Waals surface area contributed by atoms with Crippen LogP contribution in [0.3, 0.4) is 0 Å². The summed E-state index contributed by atoms with van der Waals surface area (Å²) in [6, 6.07) is 14.0. The van der Waals surface area contributed by atoms with Crippen LogP contribution in [0.2, 0.25) is 0 Å². The zero-order valence-electron chi connectivity index (χ0n) is 15.5. The third kappa shape index (κ3) is 6.54. The SMILES string of the molecule is CCOc1ccccc1OCC(=O)NCCNC(=O)c1ccc(OC)cc1. The predicted molar refractivity (Wildman–Crippen MR) is 101 cm³/mol. The van der Waals surface area contributed by atoms with Gasteiger partial charge in [-0.25, -0.2) is 0 Å². The number of hydrogen-bond acceptors (Lipinski definition) is 5. The molecule has 0 unspecified atom stereocenters. The van der Waals surface area contributed by atoms with Gasteiger partial charge >= 0.3 is 0 Å². The van der Waals surface area contributed by atoms with E-state index in [0.29, 0.717) is 42.5 Å². The molecule has 2 aromatic carbocycles. The number of nitrogens with one attached hydrogen (secondary N) is 2. The molecule has 0 saturated heterocycles. The molecule has 27 heavy (non-hydrogen) atoms. The highest BCUT2D eigenvalue weighted by Crippen LogP contribution is 2.26. The molecule has 0 bridgehead atoms. The third-order valence-corrected chi connectivity index (χ3v) is 3.59. The molecule has 0 aromatic heterocycles. The Hall–Kier alpha value is -3.22. The zero-order chi connectivity index (χ0) is 19.5. The Morgan fingerprint density at radius 2 is 1.52 bits per heavy atom. The summed E-state index contributed by atoms with van der Waals surface area (Å²) in [6.07, 6.45) is 0. The van der Waals surface area contributed by atoms with Crippen LogP contribution in [0.4, 0.5) is 0 Å². The first-order valence-corrected chi connectivity index (χ1v) is 8.67. The molecule has 0 saturated carbocycles. The predicted octanol–water partition coefficient (Wildman–Crippen LogP) is 2.02. The summed E-state index contributed by atoms with van der Waals surface area (Å²) >= 11 is 0. The van der Waals surface area contributed by atoms with Crippen molar-refractivity contribution in [1.29, 1.82) is 0 Å². The summed E-state index contributed by atoms with van der Waals surface area (Å²) in [7, 11) is 1.57. The molecule has 0 radical (unpaired) electrons. The molecule has 2 N–H and O–H groups in total.